The third-order valence-corrected chi connectivity index (χ3v) is 8.25. The molecule has 1 N–H and O–H groups in total. The van der Waals surface area contributed by atoms with Gasteiger partial charge in [-0.2, -0.15) is 0 Å². The molecule has 0 saturated heterocycles. The van der Waals surface area contributed by atoms with Crippen LogP contribution in [0.5, 0.6) is 0 Å². The van der Waals surface area contributed by atoms with Crippen LogP contribution in [0, 0.1) is 0 Å². The predicted molar refractivity (Wildman–Crippen MR) is 119 cm³/mol. The van der Waals surface area contributed by atoms with Gasteiger partial charge in [0.25, 0.3) is 5.91 Å². The molecule has 3 aromatic rings. The molecule has 0 aliphatic heterocycles. The maximum atomic E-state index is 13.2. The van der Waals surface area contributed by atoms with Gasteiger partial charge in [0.2, 0.25) is 0 Å². The van der Waals surface area contributed by atoms with Crippen molar-refractivity contribution in [1.29, 1.82) is 0 Å². The average molecular weight is 388 g/mol. The van der Waals surface area contributed by atoms with Crippen LogP contribution >= 0.6 is 7.14 Å². The number of likely N-dealkylation sites (N-methyl/N-ethyl adjacent to an activating group) is 1. The van der Waals surface area contributed by atoms with Crippen molar-refractivity contribution >= 4 is 31.2 Å². The number of nitrogens with zero attached hydrogens (tertiary/aromatic N) is 1. The number of rotatable bonds is 7. The van der Waals surface area contributed by atoms with Crippen LogP contribution in [0.1, 0.15) is 11.6 Å². The van der Waals surface area contributed by atoms with Gasteiger partial charge in [0.1, 0.15) is 6.16 Å². The molecule has 3 nitrogen and oxygen atoms in total. The lowest BCUT2D eigenvalue weighted by molar-refractivity contribution is -0.130. The van der Waals surface area contributed by atoms with E-state index in [1.54, 1.807) is 11.9 Å². The zero-order valence-electron chi connectivity index (χ0n) is 16.0. The first kappa shape index (κ1) is 20.3. The highest BCUT2D eigenvalue weighted by molar-refractivity contribution is 8.09. The van der Waals surface area contributed by atoms with Crippen molar-refractivity contribution in [1.82, 2.24) is 4.90 Å². The van der Waals surface area contributed by atoms with Crippen LogP contribution in [0.15, 0.2) is 91.0 Å². The van der Waals surface area contributed by atoms with Crippen molar-refractivity contribution in [2.24, 2.45) is 0 Å². The van der Waals surface area contributed by atoms with Crippen LogP contribution < -0.4 is 10.6 Å². The van der Waals surface area contributed by atoms with E-state index in [4.69, 9.17) is 7.57 Å². The molecule has 1 amide bonds. The second-order valence-corrected chi connectivity index (χ2v) is 9.90. The van der Waals surface area contributed by atoms with Crippen LogP contribution in [0.3, 0.4) is 0 Å². The van der Waals surface area contributed by atoms with Gasteiger partial charge in [-0.05, 0) is 29.8 Å². The molecular formula is C23H24BNO2P+. The molecule has 3 rings (SSSR count). The number of amides is 1. The van der Waals surface area contributed by atoms with Crippen LogP contribution in [0.2, 0.25) is 0 Å². The van der Waals surface area contributed by atoms with Gasteiger partial charge in [0.05, 0.1) is 23.3 Å². The Hall–Kier alpha value is -2.42. The second kappa shape index (κ2) is 9.19. The van der Waals surface area contributed by atoms with E-state index in [1.807, 2.05) is 91.0 Å². The summed E-state index contributed by atoms with van der Waals surface area (Å²) in [6, 6.07) is 28.9. The van der Waals surface area contributed by atoms with E-state index in [0.29, 0.717) is 0 Å². The number of aliphatic hydroxyl groups excluding tert-OH is 1. The van der Waals surface area contributed by atoms with E-state index in [0.717, 1.165) is 16.2 Å². The van der Waals surface area contributed by atoms with E-state index in [-0.39, 0.29) is 18.7 Å². The largest absolute Gasteiger partial charge is 0.394 e. The molecule has 0 aliphatic rings. The first-order chi connectivity index (χ1) is 13.6. The maximum absolute atomic E-state index is 13.2. The molecule has 28 heavy (non-hydrogen) atoms. The van der Waals surface area contributed by atoms with Crippen LogP contribution in [-0.2, 0) is 4.79 Å². The Morgan fingerprint density at radius 1 is 0.893 bits per heavy atom. The van der Waals surface area contributed by atoms with Crippen molar-refractivity contribution in [3.8, 4) is 0 Å². The Labute approximate surface area is 168 Å². The van der Waals surface area contributed by atoms with Gasteiger partial charge in [-0.3, -0.25) is 4.79 Å². The Morgan fingerprint density at radius 2 is 1.32 bits per heavy atom. The van der Waals surface area contributed by atoms with Gasteiger partial charge >= 0.3 is 7.57 Å². The standard InChI is InChI=1S/C23H24BNO2P/c1-25(22(17-26)19-11-5-2-6-12-19)23(27)18-28(24,20-13-7-3-8-14-20)21-15-9-4-10-16-21/h2-16,22,26H,17-18H2,1H3/q+1/t22-/m0/s1. The van der Waals surface area contributed by atoms with E-state index in [9.17, 15) is 9.90 Å². The zero-order chi connectivity index (χ0) is 20.0. The van der Waals surface area contributed by atoms with E-state index >= 15 is 0 Å². The fourth-order valence-electron chi connectivity index (χ4n) is 3.35. The molecule has 0 spiro atoms. The van der Waals surface area contributed by atoms with Crippen molar-refractivity contribution < 1.29 is 9.90 Å². The molecule has 3 aromatic carbocycles. The van der Waals surface area contributed by atoms with Crippen LogP contribution in [-0.4, -0.2) is 43.3 Å². The maximum Gasteiger partial charge on any atom is 0.377 e. The van der Waals surface area contributed by atoms with E-state index < -0.39 is 13.2 Å². The molecule has 2 radical (unpaired) electrons. The third-order valence-electron chi connectivity index (χ3n) is 5.04. The molecule has 1 atom stereocenters. The first-order valence-corrected chi connectivity index (χ1v) is 11.3. The van der Waals surface area contributed by atoms with Crippen molar-refractivity contribution in [3.63, 3.8) is 0 Å². The summed E-state index contributed by atoms with van der Waals surface area (Å²) in [5.74, 6) is -0.0774. The normalized spacial score (nSPS) is 12.4. The van der Waals surface area contributed by atoms with Crippen molar-refractivity contribution in [3.05, 3.63) is 96.6 Å². The SMILES string of the molecule is [B][P+](CC(=O)N(C)[C@@H](CO)c1ccccc1)(c1ccccc1)c1ccccc1. The van der Waals surface area contributed by atoms with Crippen molar-refractivity contribution in [2.45, 2.75) is 6.04 Å². The highest BCUT2D eigenvalue weighted by Crippen LogP contribution is 2.51. The summed E-state index contributed by atoms with van der Waals surface area (Å²) in [5.41, 5.74) is 0.904. The number of benzene rings is 3. The molecule has 0 heterocycles. The molecule has 140 valence electrons. The number of hydrogen-bond acceptors (Lipinski definition) is 2. The van der Waals surface area contributed by atoms with Gasteiger partial charge in [-0.15, -0.1) is 0 Å². The molecule has 0 saturated carbocycles. The summed E-state index contributed by atoms with van der Waals surface area (Å²) in [6.07, 6.45) is 0.209. The number of carbonyl (C=O) groups excluding carboxylic acids is 1. The number of carbonyl (C=O) groups is 1. The Balaban J connectivity index is 1.91. The minimum absolute atomic E-state index is 0.0774. The summed E-state index contributed by atoms with van der Waals surface area (Å²) >= 11 is 0. The monoisotopic (exact) mass is 388 g/mol. The molecule has 0 aliphatic carbocycles. The van der Waals surface area contributed by atoms with Crippen molar-refractivity contribution in [2.75, 3.05) is 19.8 Å². The predicted octanol–water partition coefficient (Wildman–Crippen LogP) is 2.93. The zero-order valence-corrected chi connectivity index (χ0v) is 16.9. The lowest BCUT2D eigenvalue weighted by Crippen LogP contribution is -2.39. The first-order valence-electron chi connectivity index (χ1n) is 9.25. The highest BCUT2D eigenvalue weighted by Gasteiger charge is 2.41. The summed E-state index contributed by atoms with van der Waals surface area (Å²) in [6.45, 7) is -0.140. The van der Waals surface area contributed by atoms with E-state index in [1.165, 1.54) is 0 Å². The summed E-state index contributed by atoms with van der Waals surface area (Å²) in [7, 11) is 6.29. The average Bonchev–Trinajstić information content (AvgIpc) is 2.76. The molecule has 0 fully saturated rings. The minimum Gasteiger partial charge on any atom is -0.394 e. The smallest absolute Gasteiger partial charge is 0.377 e. The van der Waals surface area contributed by atoms with Gasteiger partial charge in [0, 0.05) is 14.2 Å². The molecule has 0 bridgehead atoms. The summed E-state index contributed by atoms with van der Waals surface area (Å²) in [4.78, 5) is 14.9. The van der Waals surface area contributed by atoms with Gasteiger partial charge in [0.15, 0.2) is 0 Å². The molecule has 0 unspecified atom stereocenters. The Morgan fingerprint density at radius 3 is 1.75 bits per heavy atom. The second-order valence-electron chi connectivity index (χ2n) is 6.81. The lowest BCUT2D eigenvalue weighted by atomic mass is 10.1. The molecule has 5 heteroatoms. The summed E-state index contributed by atoms with van der Waals surface area (Å²) < 4.78 is 0. The molecule has 0 aromatic heterocycles. The van der Waals surface area contributed by atoms with Gasteiger partial charge in [-0.1, -0.05) is 66.7 Å². The van der Waals surface area contributed by atoms with Crippen LogP contribution in [0.25, 0.3) is 0 Å². The Kier molecular flexibility index (Phi) is 6.67. The third kappa shape index (κ3) is 4.35. The molecular weight excluding hydrogens is 364 g/mol. The van der Waals surface area contributed by atoms with Gasteiger partial charge in [-0.25, -0.2) is 0 Å². The fraction of sp³-hybridized carbons (Fsp3) is 0.174. The fourth-order valence-corrected chi connectivity index (χ4v) is 6.07. The van der Waals surface area contributed by atoms with Gasteiger partial charge < -0.3 is 10.0 Å². The van der Waals surface area contributed by atoms with Crippen LogP contribution in [0.4, 0.5) is 0 Å². The quantitative estimate of drug-likeness (QED) is 0.500. The number of aliphatic hydroxyl groups is 1. The topological polar surface area (TPSA) is 40.5 Å². The highest BCUT2D eigenvalue weighted by atomic mass is 31.2. The van der Waals surface area contributed by atoms with E-state index in [2.05, 4.69) is 0 Å². The number of hydrogen-bond donors (Lipinski definition) is 1. The lowest BCUT2D eigenvalue weighted by Gasteiger charge is -2.30. The Bertz CT molecular complexity index is 851. The summed E-state index contributed by atoms with van der Waals surface area (Å²) in [5, 5.41) is 11.9. The minimum atomic E-state index is -2.40.